The number of benzene rings is 1. The third-order valence-corrected chi connectivity index (χ3v) is 3.15. The lowest BCUT2D eigenvalue weighted by atomic mass is 10.0. The minimum absolute atomic E-state index is 0.177. The van der Waals surface area contributed by atoms with E-state index in [-0.39, 0.29) is 5.82 Å². The van der Waals surface area contributed by atoms with Gasteiger partial charge in [-0.2, -0.15) is 0 Å². The topological polar surface area (TPSA) is 42.2 Å². The van der Waals surface area contributed by atoms with Crippen molar-refractivity contribution in [2.24, 2.45) is 0 Å². The average Bonchev–Trinajstić information content (AvgIpc) is 2.75. The maximum absolute atomic E-state index is 13.2. The molecule has 3 rings (SSSR count). The van der Waals surface area contributed by atoms with Crippen LogP contribution in [-0.2, 0) is 13.0 Å². The lowest BCUT2D eigenvalue weighted by Crippen LogP contribution is -2.29. The summed E-state index contributed by atoms with van der Waals surface area (Å²) in [5.41, 5.74) is 2.12. The fourth-order valence-corrected chi connectivity index (χ4v) is 2.37. The van der Waals surface area contributed by atoms with Gasteiger partial charge in [-0.05, 0) is 36.6 Å². The van der Waals surface area contributed by atoms with Crippen molar-refractivity contribution in [3.8, 4) is 0 Å². The molecule has 5 heteroatoms. The van der Waals surface area contributed by atoms with Crippen LogP contribution in [0.1, 0.15) is 23.8 Å². The molecule has 2 heterocycles. The molecule has 0 radical (unpaired) electrons. The van der Waals surface area contributed by atoms with Crippen LogP contribution in [0.3, 0.4) is 0 Å². The molecule has 0 fully saturated rings. The number of nitrogens with zero attached hydrogens (tertiary/aromatic N) is 3. The predicted molar refractivity (Wildman–Crippen MR) is 64.8 cm³/mol. The Kier molecular flexibility index (Phi) is 2.74. The van der Waals surface area contributed by atoms with Crippen molar-refractivity contribution in [3.63, 3.8) is 0 Å². The van der Waals surface area contributed by atoms with Gasteiger partial charge in [-0.15, -0.1) is 10.2 Å². The summed E-state index contributed by atoms with van der Waals surface area (Å²) in [7, 11) is 0. The quantitative estimate of drug-likeness (QED) is 0.817. The van der Waals surface area contributed by atoms with Crippen molar-refractivity contribution in [2.45, 2.75) is 26.3 Å². The van der Waals surface area contributed by atoms with E-state index < -0.39 is 0 Å². The summed E-state index contributed by atoms with van der Waals surface area (Å²) >= 11 is 0. The molecular weight excluding hydrogens is 233 g/mol. The zero-order valence-electron chi connectivity index (χ0n) is 10.2. The van der Waals surface area contributed by atoms with Crippen LogP contribution >= 0.6 is 0 Å². The summed E-state index contributed by atoms with van der Waals surface area (Å²) in [4.78, 5) is 2.16. The molecule has 18 heavy (non-hydrogen) atoms. The molecule has 0 bridgehead atoms. The molecule has 0 saturated heterocycles. The minimum atomic E-state index is -0.177. The number of aryl methyl sites for hydroxylation is 2. The summed E-state index contributed by atoms with van der Waals surface area (Å²) in [5, 5.41) is 7.82. The number of anilines is 1. The van der Waals surface area contributed by atoms with E-state index in [9.17, 15) is 4.39 Å². The van der Waals surface area contributed by atoms with Crippen LogP contribution in [-0.4, -0.2) is 16.7 Å². The third-order valence-electron chi connectivity index (χ3n) is 3.15. The Bertz CT molecular complexity index is 567. The number of hydrogen-bond acceptors (Lipinski definition) is 4. The number of aromatic nitrogens is 2. The van der Waals surface area contributed by atoms with E-state index in [0.29, 0.717) is 18.3 Å². The van der Waals surface area contributed by atoms with E-state index in [0.717, 1.165) is 30.6 Å². The van der Waals surface area contributed by atoms with E-state index >= 15 is 0 Å². The van der Waals surface area contributed by atoms with Crippen LogP contribution in [0, 0.1) is 12.7 Å². The van der Waals surface area contributed by atoms with Gasteiger partial charge in [0.25, 0.3) is 0 Å². The van der Waals surface area contributed by atoms with Gasteiger partial charge in [0.2, 0.25) is 11.8 Å². The second-order valence-electron chi connectivity index (χ2n) is 4.51. The van der Waals surface area contributed by atoms with Crippen molar-refractivity contribution < 1.29 is 8.81 Å². The summed E-state index contributed by atoms with van der Waals surface area (Å²) in [5.74, 6) is 0.996. The molecule has 4 nitrogen and oxygen atoms in total. The molecule has 0 amide bonds. The third kappa shape index (κ3) is 2.08. The molecule has 1 aromatic heterocycles. The first-order valence-corrected chi connectivity index (χ1v) is 6.05. The van der Waals surface area contributed by atoms with E-state index in [1.54, 1.807) is 13.0 Å². The Labute approximate surface area is 104 Å². The molecule has 2 aromatic rings. The highest BCUT2D eigenvalue weighted by molar-refractivity contribution is 5.55. The number of hydrogen-bond donors (Lipinski definition) is 0. The predicted octanol–water partition coefficient (Wildman–Crippen LogP) is 2.47. The SMILES string of the molecule is Cc1nnc(CN2CCCc3cc(F)ccc32)o1. The van der Waals surface area contributed by atoms with Crippen LogP contribution < -0.4 is 4.90 Å². The summed E-state index contributed by atoms with van der Waals surface area (Å²) in [6, 6.07) is 4.93. The summed E-state index contributed by atoms with van der Waals surface area (Å²) in [6.07, 6.45) is 1.94. The van der Waals surface area contributed by atoms with Crippen molar-refractivity contribution in [1.82, 2.24) is 10.2 Å². The minimum Gasteiger partial charge on any atom is -0.424 e. The smallest absolute Gasteiger partial charge is 0.235 e. The van der Waals surface area contributed by atoms with Crippen molar-refractivity contribution in [2.75, 3.05) is 11.4 Å². The van der Waals surface area contributed by atoms with Crippen LogP contribution in [0.2, 0.25) is 0 Å². The van der Waals surface area contributed by atoms with Crippen molar-refractivity contribution >= 4 is 5.69 Å². The number of rotatable bonds is 2. The molecule has 0 aliphatic carbocycles. The Morgan fingerprint density at radius 1 is 1.39 bits per heavy atom. The molecule has 94 valence electrons. The molecule has 0 unspecified atom stereocenters. The number of fused-ring (bicyclic) bond motifs is 1. The van der Waals surface area contributed by atoms with Crippen LogP contribution in [0.5, 0.6) is 0 Å². The van der Waals surface area contributed by atoms with Gasteiger partial charge in [0.05, 0.1) is 6.54 Å². The molecular formula is C13H14FN3O. The maximum atomic E-state index is 13.2. The number of halogens is 1. The van der Waals surface area contributed by atoms with Gasteiger partial charge in [-0.3, -0.25) is 0 Å². The summed E-state index contributed by atoms with van der Waals surface area (Å²) in [6.45, 7) is 3.29. The van der Waals surface area contributed by atoms with Crippen molar-refractivity contribution in [1.29, 1.82) is 0 Å². The Morgan fingerprint density at radius 3 is 3.06 bits per heavy atom. The first-order chi connectivity index (χ1) is 8.72. The largest absolute Gasteiger partial charge is 0.424 e. The van der Waals surface area contributed by atoms with Gasteiger partial charge >= 0.3 is 0 Å². The molecule has 0 atom stereocenters. The van der Waals surface area contributed by atoms with Gasteiger partial charge in [0.15, 0.2) is 0 Å². The second-order valence-corrected chi connectivity index (χ2v) is 4.51. The van der Waals surface area contributed by atoms with Gasteiger partial charge < -0.3 is 9.32 Å². The van der Waals surface area contributed by atoms with Gasteiger partial charge in [-0.25, -0.2) is 4.39 Å². The normalized spacial score (nSPS) is 14.7. The molecule has 1 aliphatic heterocycles. The zero-order valence-corrected chi connectivity index (χ0v) is 10.2. The standard InChI is InChI=1S/C13H14FN3O/c1-9-15-16-13(18-9)8-17-6-2-3-10-7-11(14)4-5-12(10)17/h4-5,7H,2-3,6,8H2,1H3. The van der Waals surface area contributed by atoms with E-state index in [4.69, 9.17) is 4.42 Å². The van der Waals surface area contributed by atoms with Crippen molar-refractivity contribution in [3.05, 3.63) is 41.4 Å². The molecule has 1 aromatic carbocycles. The average molecular weight is 247 g/mol. The lowest BCUT2D eigenvalue weighted by Gasteiger charge is -2.30. The zero-order chi connectivity index (χ0) is 12.5. The van der Waals surface area contributed by atoms with E-state index in [1.807, 2.05) is 6.07 Å². The second kappa shape index (κ2) is 4.40. The Morgan fingerprint density at radius 2 is 2.28 bits per heavy atom. The fourth-order valence-electron chi connectivity index (χ4n) is 2.37. The fraction of sp³-hybridized carbons (Fsp3) is 0.385. The van der Waals surface area contributed by atoms with Crippen LogP contribution in [0.15, 0.2) is 22.6 Å². The highest BCUT2D eigenvalue weighted by Gasteiger charge is 2.19. The van der Waals surface area contributed by atoms with Gasteiger partial charge in [-0.1, -0.05) is 0 Å². The lowest BCUT2D eigenvalue weighted by molar-refractivity contribution is 0.459. The van der Waals surface area contributed by atoms with Gasteiger partial charge in [0.1, 0.15) is 5.82 Å². The molecule has 0 spiro atoms. The Hall–Kier alpha value is -1.91. The molecule has 0 saturated carbocycles. The molecule has 1 aliphatic rings. The first kappa shape index (κ1) is 11.2. The van der Waals surface area contributed by atoms with Crippen LogP contribution in [0.4, 0.5) is 10.1 Å². The Balaban J connectivity index is 1.87. The van der Waals surface area contributed by atoms with E-state index in [1.165, 1.54) is 6.07 Å². The van der Waals surface area contributed by atoms with Crippen LogP contribution in [0.25, 0.3) is 0 Å². The highest BCUT2D eigenvalue weighted by atomic mass is 19.1. The highest BCUT2D eigenvalue weighted by Crippen LogP contribution is 2.28. The van der Waals surface area contributed by atoms with Gasteiger partial charge in [0, 0.05) is 19.2 Å². The summed E-state index contributed by atoms with van der Waals surface area (Å²) < 4.78 is 18.6. The van der Waals surface area contributed by atoms with E-state index in [2.05, 4.69) is 15.1 Å². The maximum Gasteiger partial charge on any atom is 0.235 e. The monoisotopic (exact) mass is 247 g/mol. The molecule has 0 N–H and O–H groups in total. The first-order valence-electron chi connectivity index (χ1n) is 6.05.